The van der Waals surface area contributed by atoms with Crippen LogP contribution in [0.2, 0.25) is 0 Å². The Kier molecular flexibility index (Phi) is 4.63. The van der Waals surface area contributed by atoms with Gasteiger partial charge in [0, 0.05) is 43.3 Å². The van der Waals surface area contributed by atoms with Crippen molar-refractivity contribution in [1.29, 1.82) is 0 Å². The molecular weight excluding hydrogens is 285 g/mol. The third-order valence-corrected chi connectivity index (χ3v) is 4.98. The number of aryl methyl sites for hydroxylation is 1. The minimum atomic E-state index is -0.163. The molecule has 0 spiro atoms. The number of aromatic nitrogens is 1. The predicted octanol–water partition coefficient (Wildman–Crippen LogP) is 2.99. The summed E-state index contributed by atoms with van der Waals surface area (Å²) in [6.45, 7) is 5.83. The fourth-order valence-electron chi connectivity index (χ4n) is 2.76. The molecule has 5 heteroatoms. The van der Waals surface area contributed by atoms with E-state index in [1.807, 2.05) is 12.3 Å². The lowest BCUT2D eigenvalue weighted by Gasteiger charge is -2.36. The van der Waals surface area contributed by atoms with Gasteiger partial charge >= 0.3 is 0 Å². The highest BCUT2D eigenvalue weighted by atomic mass is 32.1. The van der Waals surface area contributed by atoms with Crippen LogP contribution in [0.3, 0.4) is 0 Å². The maximum Gasteiger partial charge on any atom is 0.123 e. The molecule has 3 rings (SSSR count). The van der Waals surface area contributed by atoms with Crippen molar-refractivity contribution in [2.24, 2.45) is 0 Å². The highest BCUT2D eigenvalue weighted by Gasteiger charge is 2.24. The van der Waals surface area contributed by atoms with E-state index >= 15 is 0 Å². The molecule has 1 N–H and O–H groups in total. The van der Waals surface area contributed by atoms with Crippen molar-refractivity contribution in [1.82, 2.24) is 15.2 Å². The Balaban J connectivity index is 1.78. The Morgan fingerprint density at radius 2 is 2.38 bits per heavy atom. The number of benzene rings is 1. The number of piperazine rings is 1. The average Bonchev–Trinajstić information content (AvgIpc) is 2.95. The zero-order valence-electron chi connectivity index (χ0n) is 12.2. The van der Waals surface area contributed by atoms with Crippen molar-refractivity contribution in [3.05, 3.63) is 51.7 Å². The number of hydrogen-bond acceptors (Lipinski definition) is 4. The highest BCUT2D eigenvalue weighted by molar-refractivity contribution is 7.11. The zero-order chi connectivity index (χ0) is 14.7. The summed E-state index contributed by atoms with van der Waals surface area (Å²) in [6, 6.07) is 7.17. The molecule has 1 unspecified atom stereocenters. The predicted molar refractivity (Wildman–Crippen MR) is 83.9 cm³/mol. The van der Waals surface area contributed by atoms with Gasteiger partial charge in [0.2, 0.25) is 0 Å². The van der Waals surface area contributed by atoms with Gasteiger partial charge in [-0.15, -0.1) is 11.3 Å². The van der Waals surface area contributed by atoms with Crippen LogP contribution in [0.4, 0.5) is 4.39 Å². The summed E-state index contributed by atoms with van der Waals surface area (Å²) in [5.74, 6) is -0.163. The van der Waals surface area contributed by atoms with Gasteiger partial charge in [0.15, 0.2) is 0 Å². The third kappa shape index (κ3) is 3.48. The molecule has 0 saturated carbocycles. The van der Waals surface area contributed by atoms with Crippen molar-refractivity contribution in [3.63, 3.8) is 0 Å². The number of thiazole rings is 1. The van der Waals surface area contributed by atoms with Crippen molar-refractivity contribution in [3.8, 4) is 0 Å². The smallest absolute Gasteiger partial charge is 0.123 e. The molecule has 3 nitrogen and oxygen atoms in total. The summed E-state index contributed by atoms with van der Waals surface area (Å²) in [5, 5.41) is 4.59. The molecule has 1 aliphatic rings. The van der Waals surface area contributed by atoms with Crippen molar-refractivity contribution in [2.45, 2.75) is 25.9 Å². The van der Waals surface area contributed by atoms with Crippen LogP contribution in [0.15, 0.2) is 30.5 Å². The SMILES string of the molecule is CCc1ncc(CN2CCNCC2c2cccc(F)c2)s1. The molecule has 21 heavy (non-hydrogen) atoms. The fourth-order valence-corrected chi connectivity index (χ4v) is 3.65. The molecule has 2 heterocycles. The number of rotatable bonds is 4. The summed E-state index contributed by atoms with van der Waals surface area (Å²) >= 11 is 1.78. The number of nitrogens with one attached hydrogen (secondary N) is 1. The molecule has 1 atom stereocenters. The maximum absolute atomic E-state index is 13.5. The van der Waals surface area contributed by atoms with Gasteiger partial charge in [-0.25, -0.2) is 9.37 Å². The first kappa shape index (κ1) is 14.6. The Bertz CT molecular complexity index is 599. The van der Waals surface area contributed by atoms with Crippen LogP contribution in [0.1, 0.15) is 28.4 Å². The average molecular weight is 305 g/mol. The Morgan fingerprint density at radius 3 is 3.14 bits per heavy atom. The first-order valence-corrected chi connectivity index (χ1v) is 8.21. The summed E-state index contributed by atoms with van der Waals surface area (Å²) in [4.78, 5) is 8.13. The van der Waals surface area contributed by atoms with E-state index in [1.54, 1.807) is 23.5 Å². The van der Waals surface area contributed by atoms with E-state index in [-0.39, 0.29) is 11.9 Å². The Hall–Kier alpha value is -1.30. The molecule has 0 bridgehead atoms. The Labute approximate surface area is 128 Å². The topological polar surface area (TPSA) is 28.2 Å². The highest BCUT2D eigenvalue weighted by Crippen LogP contribution is 2.26. The van der Waals surface area contributed by atoms with Crippen LogP contribution >= 0.6 is 11.3 Å². The van der Waals surface area contributed by atoms with Crippen LogP contribution in [0.5, 0.6) is 0 Å². The van der Waals surface area contributed by atoms with Crippen molar-refractivity contribution >= 4 is 11.3 Å². The lowest BCUT2D eigenvalue weighted by Crippen LogP contribution is -2.45. The molecule has 1 aliphatic heterocycles. The van der Waals surface area contributed by atoms with Gasteiger partial charge in [-0.05, 0) is 24.1 Å². The van der Waals surface area contributed by atoms with Crippen LogP contribution < -0.4 is 5.32 Å². The van der Waals surface area contributed by atoms with E-state index in [1.165, 1.54) is 16.0 Å². The maximum atomic E-state index is 13.5. The lowest BCUT2D eigenvalue weighted by atomic mass is 10.0. The van der Waals surface area contributed by atoms with E-state index in [2.05, 4.69) is 22.1 Å². The monoisotopic (exact) mass is 305 g/mol. The third-order valence-electron chi connectivity index (χ3n) is 3.85. The standard InChI is InChI=1S/C16H20FN3S/c1-2-16-19-9-14(21-16)11-20-7-6-18-10-15(20)12-4-3-5-13(17)8-12/h3-5,8-9,15,18H,2,6-7,10-11H2,1H3. The van der Waals surface area contributed by atoms with E-state index in [0.717, 1.165) is 38.2 Å². The molecule has 112 valence electrons. The summed E-state index contributed by atoms with van der Waals surface area (Å²) in [7, 11) is 0. The number of halogens is 1. The summed E-state index contributed by atoms with van der Waals surface area (Å²) < 4.78 is 13.5. The lowest BCUT2D eigenvalue weighted by molar-refractivity contribution is 0.155. The van der Waals surface area contributed by atoms with Crippen LogP contribution in [0.25, 0.3) is 0 Å². The van der Waals surface area contributed by atoms with Gasteiger partial charge in [0.1, 0.15) is 5.82 Å². The first-order chi connectivity index (χ1) is 10.3. The van der Waals surface area contributed by atoms with E-state index in [9.17, 15) is 4.39 Å². The van der Waals surface area contributed by atoms with Gasteiger partial charge in [-0.1, -0.05) is 19.1 Å². The Morgan fingerprint density at radius 1 is 1.48 bits per heavy atom. The second kappa shape index (κ2) is 6.64. The van der Waals surface area contributed by atoms with Crippen molar-refractivity contribution < 1.29 is 4.39 Å². The largest absolute Gasteiger partial charge is 0.314 e. The van der Waals surface area contributed by atoms with Gasteiger partial charge in [0.05, 0.1) is 5.01 Å². The van der Waals surface area contributed by atoms with E-state index in [0.29, 0.717) is 0 Å². The first-order valence-electron chi connectivity index (χ1n) is 7.40. The molecule has 1 saturated heterocycles. The molecule has 1 aromatic heterocycles. The second-order valence-corrected chi connectivity index (χ2v) is 6.52. The molecule has 1 fully saturated rings. The molecule has 1 aromatic carbocycles. The van der Waals surface area contributed by atoms with Gasteiger partial charge < -0.3 is 5.32 Å². The van der Waals surface area contributed by atoms with Crippen LogP contribution in [-0.2, 0) is 13.0 Å². The van der Waals surface area contributed by atoms with Gasteiger partial charge in [-0.3, -0.25) is 4.90 Å². The van der Waals surface area contributed by atoms with Crippen LogP contribution in [-0.4, -0.2) is 29.5 Å². The summed E-state index contributed by atoms with van der Waals surface area (Å²) in [5.41, 5.74) is 1.04. The zero-order valence-corrected chi connectivity index (χ0v) is 13.0. The van der Waals surface area contributed by atoms with E-state index < -0.39 is 0 Å². The molecule has 2 aromatic rings. The number of nitrogens with zero attached hydrogens (tertiary/aromatic N) is 2. The van der Waals surface area contributed by atoms with Gasteiger partial charge in [-0.2, -0.15) is 0 Å². The quantitative estimate of drug-likeness (QED) is 0.941. The molecule has 0 amide bonds. The normalized spacial score (nSPS) is 19.8. The van der Waals surface area contributed by atoms with Gasteiger partial charge in [0.25, 0.3) is 0 Å². The minimum absolute atomic E-state index is 0.163. The van der Waals surface area contributed by atoms with Crippen molar-refractivity contribution in [2.75, 3.05) is 19.6 Å². The second-order valence-electron chi connectivity index (χ2n) is 5.32. The summed E-state index contributed by atoms with van der Waals surface area (Å²) in [6.07, 6.45) is 2.97. The molecule has 0 aliphatic carbocycles. The van der Waals surface area contributed by atoms with Crippen LogP contribution in [0, 0.1) is 5.82 Å². The molecule has 0 radical (unpaired) electrons. The minimum Gasteiger partial charge on any atom is -0.314 e. The fraction of sp³-hybridized carbons (Fsp3) is 0.438. The molecular formula is C16H20FN3S. The van der Waals surface area contributed by atoms with E-state index in [4.69, 9.17) is 0 Å². The number of hydrogen-bond donors (Lipinski definition) is 1.